The van der Waals surface area contributed by atoms with Crippen LogP contribution in [0.5, 0.6) is 17.2 Å². The number of methoxy groups -OCH3 is 1. The first-order valence-electron chi connectivity index (χ1n) is 11.6. The zero-order valence-corrected chi connectivity index (χ0v) is 21.8. The summed E-state index contributed by atoms with van der Waals surface area (Å²) in [5.74, 6) is -0.853. The number of carbonyl (C=O) groups excluding carboxylic acids is 4. The zero-order valence-electron chi connectivity index (χ0n) is 21.0. The maximum Gasteiger partial charge on any atom is 0.355 e. The van der Waals surface area contributed by atoms with Crippen molar-refractivity contribution in [3.63, 3.8) is 0 Å². The third-order valence-electron chi connectivity index (χ3n) is 5.71. The van der Waals surface area contributed by atoms with Gasteiger partial charge in [0.05, 0.1) is 7.11 Å². The first-order chi connectivity index (χ1) is 18.2. The molecular weight excluding hydrogens is 512 g/mol. The smallest absolute Gasteiger partial charge is 0.355 e. The highest BCUT2D eigenvalue weighted by Gasteiger charge is 2.51. The molecule has 2 aliphatic heterocycles. The van der Waals surface area contributed by atoms with Crippen molar-refractivity contribution in [1.82, 2.24) is 4.90 Å². The summed E-state index contributed by atoms with van der Waals surface area (Å²) in [4.78, 5) is 50.0. The maximum atomic E-state index is 13.2. The standard InChI is InChI=1S/C27H26N2O8S/c1-15(30)36-21-11-7-17(12-22(21)37-16(2)31)4-8-19-14-38-26-23(28)25(32)29(26)24(19)27(33)35-13-18-5-9-20(34-3)10-6-18/h4-12,23,26H,13-14,28H2,1-3H3/b8-4+/t23-,26-/m1/s1. The van der Waals surface area contributed by atoms with E-state index in [0.29, 0.717) is 22.6 Å². The van der Waals surface area contributed by atoms with Gasteiger partial charge in [0.25, 0.3) is 0 Å². The van der Waals surface area contributed by atoms with Crippen LogP contribution in [0, 0.1) is 0 Å². The molecule has 1 fully saturated rings. The lowest BCUT2D eigenvalue weighted by atomic mass is 10.0. The minimum atomic E-state index is -0.685. The number of rotatable bonds is 8. The Morgan fingerprint density at radius 1 is 1.03 bits per heavy atom. The molecule has 10 nitrogen and oxygen atoms in total. The van der Waals surface area contributed by atoms with E-state index in [0.717, 1.165) is 5.56 Å². The van der Waals surface area contributed by atoms with Gasteiger partial charge >= 0.3 is 17.9 Å². The quantitative estimate of drug-likeness (QED) is 0.304. The molecule has 2 aromatic rings. The fourth-order valence-electron chi connectivity index (χ4n) is 3.89. The van der Waals surface area contributed by atoms with Crippen LogP contribution >= 0.6 is 11.8 Å². The molecule has 2 aliphatic rings. The van der Waals surface area contributed by atoms with Crippen LogP contribution in [-0.2, 0) is 30.5 Å². The highest BCUT2D eigenvalue weighted by molar-refractivity contribution is 8.00. The van der Waals surface area contributed by atoms with Crippen molar-refractivity contribution >= 4 is 41.7 Å². The molecule has 0 aliphatic carbocycles. The molecule has 0 saturated carbocycles. The highest BCUT2D eigenvalue weighted by atomic mass is 32.2. The van der Waals surface area contributed by atoms with E-state index in [-0.39, 0.29) is 35.1 Å². The predicted octanol–water partition coefficient (Wildman–Crippen LogP) is 2.80. The first-order valence-corrected chi connectivity index (χ1v) is 12.6. The van der Waals surface area contributed by atoms with Gasteiger partial charge in [0, 0.05) is 19.6 Å². The van der Waals surface area contributed by atoms with Crippen LogP contribution < -0.4 is 19.9 Å². The Bertz CT molecular complexity index is 1340. The number of amides is 1. The molecule has 38 heavy (non-hydrogen) atoms. The van der Waals surface area contributed by atoms with Crippen LogP contribution in [0.3, 0.4) is 0 Å². The fourth-order valence-corrected chi connectivity index (χ4v) is 5.16. The number of esters is 3. The fraction of sp³-hybridized carbons (Fsp3) is 0.259. The van der Waals surface area contributed by atoms with Crippen molar-refractivity contribution in [2.24, 2.45) is 5.73 Å². The van der Waals surface area contributed by atoms with E-state index < -0.39 is 23.9 Å². The molecule has 2 N–H and O–H groups in total. The number of nitrogens with zero attached hydrogens (tertiary/aromatic N) is 1. The van der Waals surface area contributed by atoms with E-state index >= 15 is 0 Å². The minimum Gasteiger partial charge on any atom is -0.497 e. The lowest BCUT2D eigenvalue weighted by molar-refractivity contribution is -0.151. The normalized spacial score (nSPS) is 18.5. The molecule has 0 spiro atoms. The number of hydrogen-bond acceptors (Lipinski definition) is 10. The van der Waals surface area contributed by atoms with Crippen LogP contribution in [0.15, 0.2) is 59.8 Å². The number of thioether (sulfide) groups is 1. The summed E-state index contributed by atoms with van der Waals surface area (Å²) in [5, 5.41) is -0.346. The van der Waals surface area contributed by atoms with Gasteiger partial charge in [-0.25, -0.2) is 4.79 Å². The number of benzene rings is 2. The van der Waals surface area contributed by atoms with Gasteiger partial charge in [-0.2, -0.15) is 0 Å². The number of nitrogens with two attached hydrogens (primary N) is 1. The van der Waals surface area contributed by atoms with E-state index in [4.69, 9.17) is 24.7 Å². The number of fused-ring (bicyclic) bond motifs is 1. The van der Waals surface area contributed by atoms with Crippen LogP contribution in [-0.4, -0.2) is 53.0 Å². The minimum absolute atomic E-state index is 0.0125. The molecule has 1 saturated heterocycles. The van der Waals surface area contributed by atoms with Crippen LogP contribution in [0.25, 0.3) is 6.08 Å². The molecule has 0 unspecified atom stereocenters. The van der Waals surface area contributed by atoms with Gasteiger partial charge in [0.1, 0.15) is 29.5 Å². The van der Waals surface area contributed by atoms with Gasteiger partial charge in [-0.1, -0.05) is 30.4 Å². The lowest BCUT2D eigenvalue weighted by Crippen LogP contribution is -2.68. The van der Waals surface area contributed by atoms with Gasteiger partial charge in [-0.15, -0.1) is 11.8 Å². The largest absolute Gasteiger partial charge is 0.497 e. The van der Waals surface area contributed by atoms with Gasteiger partial charge in [-0.05, 0) is 41.0 Å². The molecule has 1 amide bonds. The third-order valence-corrected chi connectivity index (χ3v) is 7.04. The van der Waals surface area contributed by atoms with Crippen molar-refractivity contribution in [2.45, 2.75) is 31.9 Å². The van der Waals surface area contributed by atoms with Crippen LogP contribution in [0.4, 0.5) is 0 Å². The van der Waals surface area contributed by atoms with E-state index in [2.05, 4.69) is 0 Å². The number of hydrogen-bond donors (Lipinski definition) is 1. The van der Waals surface area contributed by atoms with Crippen molar-refractivity contribution in [3.8, 4) is 17.2 Å². The summed E-state index contributed by atoms with van der Waals surface area (Å²) in [6.45, 7) is 2.49. The monoisotopic (exact) mass is 538 g/mol. The van der Waals surface area contributed by atoms with Crippen molar-refractivity contribution in [3.05, 3.63) is 70.9 Å². The molecule has 2 aromatic carbocycles. The first kappa shape index (κ1) is 27.0. The van der Waals surface area contributed by atoms with Crippen LogP contribution in [0.1, 0.15) is 25.0 Å². The third kappa shape index (κ3) is 5.90. The Balaban J connectivity index is 1.60. The number of β-lactam (4-membered cyclic amide) rings is 1. The molecule has 198 valence electrons. The van der Waals surface area contributed by atoms with Crippen molar-refractivity contribution in [1.29, 1.82) is 0 Å². The SMILES string of the molecule is COc1ccc(COC(=O)C2=C(/C=C/c3ccc(OC(C)=O)c(OC(C)=O)c3)CS[C@@H]3[C@H](N)C(=O)N23)cc1. The Morgan fingerprint density at radius 2 is 1.71 bits per heavy atom. The second kappa shape index (κ2) is 11.5. The van der Waals surface area contributed by atoms with E-state index in [1.807, 2.05) is 0 Å². The average Bonchev–Trinajstić information content (AvgIpc) is 2.90. The predicted molar refractivity (Wildman–Crippen MR) is 139 cm³/mol. The molecule has 2 atom stereocenters. The van der Waals surface area contributed by atoms with Crippen molar-refractivity contribution in [2.75, 3.05) is 12.9 Å². The molecule has 4 rings (SSSR count). The summed E-state index contributed by atoms with van der Waals surface area (Å²) in [5.41, 5.74) is 8.03. The zero-order chi connectivity index (χ0) is 27.4. The number of allylic oxidation sites excluding steroid dienone is 1. The topological polar surface area (TPSA) is 134 Å². The molecule has 0 bridgehead atoms. The number of ether oxygens (including phenoxy) is 4. The van der Waals surface area contributed by atoms with Crippen LogP contribution in [0.2, 0.25) is 0 Å². The summed E-state index contributed by atoms with van der Waals surface area (Å²) >= 11 is 1.45. The molecule has 0 aromatic heterocycles. The maximum absolute atomic E-state index is 13.2. The molecule has 0 radical (unpaired) electrons. The van der Waals surface area contributed by atoms with E-state index in [1.165, 1.54) is 42.6 Å². The Morgan fingerprint density at radius 3 is 2.37 bits per heavy atom. The van der Waals surface area contributed by atoms with Gasteiger partial charge in [-0.3, -0.25) is 19.3 Å². The summed E-state index contributed by atoms with van der Waals surface area (Å²) in [7, 11) is 1.56. The second-order valence-corrected chi connectivity index (χ2v) is 9.57. The highest BCUT2D eigenvalue weighted by Crippen LogP contribution is 2.40. The summed E-state index contributed by atoms with van der Waals surface area (Å²) in [6, 6.07) is 11.1. The van der Waals surface area contributed by atoms with Gasteiger partial charge in [0.2, 0.25) is 5.91 Å². The van der Waals surface area contributed by atoms with Gasteiger partial charge in [0.15, 0.2) is 11.5 Å². The number of carbonyl (C=O) groups is 4. The van der Waals surface area contributed by atoms with E-state index in [9.17, 15) is 19.2 Å². The van der Waals surface area contributed by atoms with Crippen molar-refractivity contribution < 1.29 is 38.1 Å². The Kier molecular flexibility index (Phi) is 8.18. The Hall–Kier alpha value is -4.09. The summed E-state index contributed by atoms with van der Waals surface area (Å²) in [6.07, 6.45) is 3.39. The lowest BCUT2D eigenvalue weighted by Gasteiger charge is -2.48. The summed E-state index contributed by atoms with van der Waals surface area (Å²) < 4.78 is 21.0. The second-order valence-electron chi connectivity index (χ2n) is 8.46. The average molecular weight is 539 g/mol. The molecular formula is C27H26N2O8S. The van der Waals surface area contributed by atoms with Gasteiger partial charge < -0.3 is 24.7 Å². The van der Waals surface area contributed by atoms with E-state index in [1.54, 1.807) is 49.6 Å². The molecule has 2 heterocycles. The molecule has 11 heteroatoms. The Labute approximate surface area is 223 Å².